The predicted octanol–water partition coefficient (Wildman–Crippen LogP) is 2.95. The van der Waals surface area contributed by atoms with Gasteiger partial charge in [0.2, 0.25) is 5.91 Å². The molecule has 0 bridgehead atoms. The molecule has 4 amide bonds. The summed E-state index contributed by atoms with van der Waals surface area (Å²) < 4.78 is 6.00. The quantitative estimate of drug-likeness (QED) is 0.327. The van der Waals surface area contributed by atoms with Crippen LogP contribution in [0.1, 0.15) is 31.2 Å². The molecule has 3 fully saturated rings. The number of para-hydroxylation sites is 1. The van der Waals surface area contributed by atoms with E-state index in [9.17, 15) is 14.4 Å². The van der Waals surface area contributed by atoms with Gasteiger partial charge in [0, 0.05) is 29.4 Å². The number of aryl methyl sites for hydroxylation is 1. The second-order valence-corrected chi connectivity index (χ2v) is 12.2. The van der Waals surface area contributed by atoms with E-state index in [2.05, 4.69) is 26.6 Å². The number of rotatable bonds is 8. The number of anilines is 1. The van der Waals surface area contributed by atoms with Crippen molar-refractivity contribution in [2.45, 2.75) is 56.1 Å². The number of urea groups is 1. The first-order valence-corrected chi connectivity index (χ1v) is 15.1. The number of thioether (sulfide) groups is 1. The zero-order chi connectivity index (χ0) is 28.5. The van der Waals surface area contributed by atoms with Gasteiger partial charge in [0.05, 0.1) is 22.9 Å². The summed E-state index contributed by atoms with van der Waals surface area (Å²) in [5, 5.41) is 15.7. The molecule has 216 valence electrons. The van der Waals surface area contributed by atoms with Gasteiger partial charge in [0.1, 0.15) is 11.5 Å². The molecule has 6 rings (SSSR count). The first-order valence-electron chi connectivity index (χ1n) is 14.2. The summed E-state index contributed by atoms with van der Waals surface area (Å²) in [5.74, 6) is 1.25. The van der Waals surface area contributed by atoms with E-state index in [1.807, 2.05) is 60.4 Å². The van der Waals surface area contributed by atoms with Crippen molar-refractivity contribution in [3.8, 4) is 11.5 Å². The van der Waals surface area contributed by atoms with E-state index in [0.29, 0.717) is 17.1 Å². The molecule has 5 atom stereocenters. The molecule has 0 spiro atoms. The highest BCUT2D eigenvalue weighted by Gasteiger charge is 2.52. The van der Waals surface area contributed by atoms with Crippen LogP contribution in [0, 0.1) is 12.8 Å². The molecule has 2 saturated heterocycles. The number of benzene rings is 2. The first kappa shape index (κ1) is 27.6. The number of carbonyl (C=O) groups is 3. The first-order chi connectivity index (χ1) is 19.9. The highest BCUT2D eigenvalue weighted by molar-refractivity contribution is 8.04. The van der Waals surface area contributed by atoms with E-state index >= 15 is 0 Å². The maximum atomic E-state index is 13.6. The lowest BCUT2D eigenvalue weighted by atomic mass is 9.86. The Morgan fingerprint density at radius 2 is 1.83 bits per heavy atom. The Bertz CT molecular complexity index is 1370. The van der Waals surface area contributed by atoms with E-state index in [1.54, 1.807) is 7.05 Å². The normalized spacial score (nSPS) is 26.8. The van der Waals surface area contributed by atoms with E-state index in [1.165, 1.54) is 11.8 Å². The van der Waals surface area contributed by atoms with Gasteiger partial charge in [-0.3, -0.25) is 14.5 Å². The van der Waals surface area contributed by atoms with Crippen LogP contribution in [0.15, 0.2) is 59.1 Å². The number of hydrogen-bond acceptors (Lipinski definition) is 7. The Hall–Kier alpha value is -3.54. The van der Waals surface area contributed by atoms with Crippen molar-refractivity contribution in [2.24, 2.45) is 5.92 Å². The summed E-state index contributed by atoms with van der Waals surface area (Å²) in [5.41, 5.74) is 2.50. The highest BCUT2D eigenvalue weighted by Crippen LogP contribution is 2.48. The van der Waals surface area contributed by atoms with Crippen molar-refractivity contribution in [3.05, 3.63) is 64.7 Å². The maximum absolute atomic E-state index is 13.6. The van der Waals surface area contributed by atoms with Crippen molar-refractivity contribution in [1.29, 1.82) is 0 Å². The van der Waals surface area contributed by atoms with Gasteiger partial charge in [-0.2, -0.15) is 0 Å². The van der Waals surface area contributed by atoms with Crippen LogP contribution in [-0.4, -0.2) is 61.5 Å². The molecule has 5 N–H and O–H groups in total. The average Bonchev–Trinajstić information content (AvgIpc) is 3.55. The Morgan fingerprint density at radius 1 is 1.05 bits per heavy atom. The third-order valence-corrected chi connectivity index (χ3v) is 9.58. The third-order valence-electron chi connectivity index (χ3n) is 8.22. The number of likely N-dealkylation sites (N-methyl/N-ethyl adjacent to an activating group) is 1. The number of carbonyl (C=O) groups excluding carboxylic acids is 3. The van der Waals surface area contributed by atoms with Crippen LogP contribution in [0.5, 0.6) is 11.5 Å². The molecule has 3 unspecified atom stereocenters. The number of amides is 4. The second kappa shape index (κ2) is 11.8. The topological polar surface area (TPSA) is 124 Å². The van der Waals surface area contributed by atoms with E-state index < -0.39 is 0 Å². The zero-order valence-corrected chi connectivity index (χ0v) is 24.1. The monoisotopic (exact) mass is 576 g/mol. The second-order valence-electron chi connectivity index (χ2n) is 11.1. The lowest BCUT2D eigenvalue weighted by Crippen LogP contribution is -2.62. The Morgan fingerprint density at radius 3 is 2.59 bits per heavy atom. The number of ether oxygens (including phenoxy) is 1. The Kier molecular flexibility index (Phi) is 7.92. The number of piperidine rings is 1. The Balaban J connectivity index is 1.17. The van der Waals surface area contributed by atoms with Crippen LogP contribution < -0.4 is 36.2 Å². The molecule has 2 aromatic carbocycles. The van der Waals surface area contributed by atoms with Gasteiger partial charge in [0.25, 0.3) is 5.91 Å². The van der Waals surface area contributed by atoms with Crippen LogP contribution in [0.2, 0.25) is 0 Å². The summed E-state index contributed by atoms with van der Waals surface area (Å²) in [7, 11) is 1.74. The van der Waals surface area contributed by atoms with Crippen LogP contribution in [-0.2, 0) is 9.59 Å². The molecule has 2 aromatic rings. The minimum atomic E-state index is -0.220. The summed E-state index contributed by atoms with van der Waals surface area (Å²) in [6.45, 7) is 3.03. The molecule has 10 nitrogen and oxygen atoms in total. The summed E-state index contributed by atoms with van der Waals surface area (Å²) in [6.07, 6.45) is 3.12. The van der Waals surface area contributed by atoms with Gasteiger partial charge in [-0.25, -0.2) is 4.79 Å². The average molecular weight is 577 g/mol. The van der Waals surface area contributed by atoms with Gasteiger partial charge in [-0.15, -0.1) is 0 Å². The van der Waals surface area contributed by atoms with E-state index in [4.69, 9.17) is 4.74 Å². The molecule has 1 aliphatic carbocycles. The standard InChI is InChI=1S/C30H36N6O4S/c1-17-14-21(40-20-6-4-3-5-7-20)10-11-22(17)36-23-12-13-32-29-25(23)26(35-30(36)39)27(41-29)28(38)34-19-9-8-18(15-19)33-24(37)16-31-2/h3-7,10-11,14,18-19,23,25,29,31-32H,8-9,12-13,15-16H2,1-2H3,(H,33,37)(H,34,38)(H,35,39)/t18-,19-,23?,25?,29?/m0/s1. The smallest absolute Gasteiger partial charge is 0.326 e. The lowest BCUT2D eigenvalue weighted by molar-refractivity contribution is -0.120. The van der Waals surface area contributed by atoms with Crippen molar-refractivity contribution in [1.82, 2.24) is 26.6 Å². The summed E-state index contributed by atoms with van der Waals surface area (Å²) >= 11 is 1.50. The molecular formula is C30H36N6O4S. The lowest BCUT2D eigenvalue weighted by Gasteiger charge is -2.46. The molecule has 0 radical (unpaired) electrons. The molecule has 41 heavy (non-hydrogen) atoms. The molecule has 0 aromatic heterocycles. The molecule has 4 aliphatic rings. The van der Waals surface area contributed by atoms with Crippen molar-refractivity contribution >= 4 is 35.3 Å². The molecule has 1 saturated carbocycles. The fourth-order valence-electron chi connectivity index (χ4n) is 6.42. The number of nitrogens with one attached hydrogen (secondary N) is 5. The molecule has 11 heteroatoms. The van der Waals surface area contributed by atoms with E-state index in [0.717, 1.165) is 48.5 Å². The molecule has 3 heterocycles. The van der Waals surface area contributed by atoms with Gasteiger partial charge < -0.3 is 31.3 Å². The van der Waals surface area contributed by atoms with Crippen LogP contribution in [0.3, 0.4) is 0 Å². The maximum Gasteiger partial charge on any atom is 0.326 e. The fourth-order valence-corrected chi connectivity index (χ4v) is 7.82. The zero-order valence-electron chi connectivity index (χ0n) is 23.2. The van der Waals surface area contributed by atoms with Gasteiger partial charge in [-0.05, 0) is 82.1 Å². The Labute approximate surface area is 244 Å². The molecular weight excluding hydrogens is 540 g/mol. The van der Waals surface area contributed by atoms with Crippen molar-refractivity contribution < 1.29 is 19.1 Å². The van der Waals surface area contributed by atoms with E-state index in [-0.39, 0.29) is 53.8 Å². The minimum absolute atomic E-state index is 0.00533. The largest absolute Gasteiger partial charge is 0.457 e. The van der Waals surface area contributed by atoms with Gasteiger partial charge in [-0.1, -0.05) is 30.0 Å². The highest BCUT2D eigenvalue weighted by atomic mass is 32.2. The summed E-state index contributed by atoms with van der Waals surface area (Å²) in [6, 6.07) is 15.2. The van der Waals surface area contributed by atoms with Crippen LogP contribution >= 0.6 is 11.8 Å². The van der Waals surface area contributed by atoms with Crippen LogP contribution in [0.25, 0.3) is 0 Å². The fraction of sp³-hybridized carbons (Fsp3) is 0.433. The van der Waals surface area contributed by atoms with Crippen LogP contribution in [0.4, 0.5) is 10.5 Å². The number of nitrogens with zero attached hydrogens (tertiary/aromatic N) is 1. The summed E-state index contributed by atoms with van der Waals surface area (Å²) in [4.78, 5) is 41.5. The SMILES string of the molecule is CNCC(=O)N[C@H]1CC[C@H](NC(=O)C2=C3NC(=O)N(c4ccc(Oc5ccccc5)cc4C)C4CCNC(S2)C34)C1. The number of hydrogen-bond donors (Lipinski definition) is 5. The third kappa shape index (κ3) is 5.66. The minimum Gasteiger partial charge on any atom is -0.457 e. The van der Waals surface area contributed by atoms with Gasteiger partial charge in [0.15, 0.2) is 0 Å². The molecule has 3 aliphatic heterocycles. The van der Waals surface area contributed by atoms with Crippen molar-refractivity contribution in [2.75, 3.05) is 25.0 Å². The predicted molar refractivity (Wildman–Crippen MR) is 159 cm³/mol. The van der Waals surface area contributed by atoms with Gasteiger partial charge >= 0.3 is 6.03 Å². The van der Waals surface area contributed by atoms with Crippen molar-refractivity contribution in [3.63, 3.8) is 0 Å².